The van der Waals surface area contributed by atoms with Gasteiger partial charge in [0.2, 0.25) is 5.91 Å². The van der Waals surface area contributed by atoms with Gasteiger partial charge in [0.05, 0.1) is 29.7 Å². The van der Waals surface area contributed by atoms with Gasteiger partial charge in [-0.05, 0) is 24.3 Å². The van der Waals surface area contributed by atoms with Gasteiger partial charge in [0.15, 0.2) is 0 Å². The number of pyridine rings is 1. The first kappa shape index (κ1) is 17.3. The minimum atomic E-state index is -4.60. The molecule has 24 heavy (non-hydrogen) atoms. The number of carbonyl (C=O) groups is 2. The van der Waals surface area contributed by atoms with Crippen molar-refractivity contribution in [3.63, 3.8) is 0 Å². The number of urea groups is 1. The molecule has 0 atom stereocenters. The van der Waals surface area contributed by atoms with Crippen molar-refractivity contribution in [3.05, 3.63) is 54.4 Å². The second-order valence-electron chi connectivity index (χ2n) is 4.64. The number of carbonyl (C=O) groups excluding carboxylic acids is 2. The Kier molecular flexibility index (Phi) is 5.35. The molecule has 0 saturated heterocycles. The lowest BCUT2D eigenvalue weighted by Crippen LogP contribution is -2.36. The molecule has 0 bridgehead atoms. The van der Waals surface area contributed by atoms with Crippen LogP contribution in [0.2, 0.25) is 0 Å². The van der Waals surface area contributed by atoms with Crippen LogP contribution < -0.4 is 16.0 Å². The van der Waals surface area contributed by atoms with Crippen LogP contribution in [-0.4, -0.2) is 23.5 Å². The first-order valence-corrected chi connectivity index (χ1v) is 6.77. The summed E-state index contributed by atoms with van der Waals surface area (Å²) in [6.45, 7) is -0.408. The van der Waals surface area contributed by atoms with Gasteiger partial charge >= 0.3 is 12.2 Å². The van der Waals surface area contributed by atoms with Gasteiger partial charge in [0, 0.05) is 6.20 Å². The number of nitrogens with zero attached hydrogens (tertiary/aromatic N) is 1. The molecule has 9 heteroatoms. The van der Waals surface area contributed by atoms with E-state index >= 15 is 0 Å². The summed E-state index contributed by atoms with van der Waals surface area (Å²) in [5.74, 6) is -0.540. The fourth-order valence-corrected chi connectivity index (χ4v) is 1.81. The highest BCUT2D eigenvalue weighted by Gasteiger charge is 2.33. The molecule has 0 aliphatic rings. The van der Waals surface area contributed by atoms with Crippen molar-refractivity contribution < 1.29 is 22.8 Å². The Labute approximate surface area is 135 Å². The minimum absolute atomic E-state index is 0.393. The largest absolute Gasteiger partial charge is 0.418 e. The van der Waals surface area contributed by atoms with E-state index in [1.807, 2.05) is 0 Å². The second-order valence-corrected chi connectivity index (χ2v) is 4.64. The van der Waals surface area contributed by atoms with Gasteiger partial charge in [-0.15, -0.1) is 0 Å². The van der Waals surface area contributed by atoms with Gasteiger partial charge in [-0.1, -0.05) is 12.1 Å². The van der Waals surface area contributed by atoms with Gasteiger partial charge in [-0.25, -0.2) is 4.79 Å². The molecule has 0 aliphatic carbocycles. The average Bonchev–Trinajstić information content (AvgIpc) is 2.53. The number of aromatic nitrogens is 1. The van der Waals surface area contributed by atoms with Crippen molar-refractivity contribution in [3.8, 4) is 0 Å². The fourth-order valence-electron chi connectivity index (χ4n) is 1.81. The third-order valence-corrected chi connectivity index (χ3v) is 2.84. The van der Waals surface area contributed by atoms with Crippen LogP contribution in [0.3, 0.4) is 0 Å². The summed E-state index contributed by atoms with van der Waals surface area (Å²) in [4.78, 5) is 27.1. The summed E-state index contributed by atoms with van der Waals surface area (Å²) in [5.41, 5.74) is -0.928. The normalized spacial score (nSPS) is 10.8. The topological polar surface area (TPSA) is 83.1 Å². The molecule has 0 saturated carbocycles. The highest BCUT2D eigenvalue weighted by molar-refractivity contribution is 5.97. The zero-order valence-electron chi connectivity index (χ0n) is 12.2. The SMILES string of the molecule is O=C(CNC(=O)Nc1ccccc1C(F)(F)F)Nc1cccnc1. The third-order valence-electron chi connectivity index (χ3n) is 2.84. The maximum atomic E-state index is 12.8. The zero-order chi connectivity index (χ0) is 17.6. The van der Waals surface area contributed by atoms with E-state index in [9.17, 15) is 22.8 Å². The summed E-state index contributed by atoms with van der Waals surface area (Å²) in [6.07, 6.45) is -1.65. The van der Waals surface area contributed by atoms with Gasteiger partial charge in [-0.3, -0.25) is 9.78 Å². The van der Waals surface area contributed by atoms with Gasteiger partial charge in [0.1, 0.15) is 0 Å². The molecule has 0 aliphatic heterocycles. The van der Waals surface area contributed by atoms with Crippen molar-refractivity contribution in [2.24, 2.45) is 0 Å². The van der Waals surface area contributed by atoms with E-state index in [0.717, 1.165) is 12.1 Å². The molecule has 6 nitrogen and oxygen atoms in total. The van der Waals surface area contributed by atoms with E-state index in [1.54, 1.807) is 12.1 Å². The third kappa shape index (κ3) is 4.97. The molecule has 0 radical (unpaired) electrons. The summed E-state index contributed by atoms with van der Waals surface area (Å²) < 4.78 is 38.4. The maximum Gasteiger partial charge on any atom is 0.418 e. The number of alkyl halides is 3. The molecular weight excluding hydrogens is 325 g/mol. The Hall–Kier alpha value is -3.10. The lowest BCUT2D eigenvalue weighted by atomic mass is 10.1. The van der Waals surface area contributed by atoms with Crippen LogP contribution in [0.25, 0.3) is 0 Å². The molecule has 1 aromatic heterocycles. The number of para-hydroxylation sites is 1. The van der Waals surface area contributed by atoms with Crippen LogP contribution in [0.5, 0.6) is 0 Å². The quantitative estimate of drug-likeness (QED) is 0.802. The molecule has 2 rings (SSSR count). The van der Waals surface area contributed by atoms with Crippen molar-refractivity contribution in [2.45, 2.75) is 6.18 Å². The number of halogens is 3. The predicted molar refractivity (Wildman–Crippen MR) is 81.3 cm³/mol. The number of benzene rings is 1. The number of rotatable bonds is 4. The average molecular weight is 338 g/mol. The molecule has 0 spiro atoms. The first-order chi connectivity index (χ1) is 11.4. The maximum absolute atomic E-state index is 12.8. The van der Waals surface area contributed by atoms with E-state index in [1.165, 1.54) is 24.5 Å². The van der Waals surface area contributed by atoms with Crippen LogP contribution in [0.15, 0.2) is 48.8 Å². The smallest absolute Gasteiger partial charge is 0.329 e. The first-order valence-electron chi connectivity index (χ1n) is 6.77. The van der Waals surface area contributed by atoms with Crippen molar-refractivity contribution in [1.82, 2.24) is 10.3 Å². The zero-order valence-corrected chi connectivity index (χ0v) is 12.2. The Morgan fingerprint density at radius 1 is 1.04 bits per heavy atom. The number of hydrogen-bond acceptors (Lipinski definition) is 3. The van der Waals surface area contributed by atoms with Crippen LogP contribution in [0.1, 0.15) is 5.56 Å². The van der Waals surface area contributed by atoms with E-state index < -0.39 is 35.9 Å². The standard InChI is InChI=1S/C15H13F3N4O2/c16-15(17,18)11-5-1-2-6-12(11)22-14(24)20-9-13(23)21-10-4-3-7-19-8-10/h1-8H,9H2,(H,21,23)(H2,20,22,24). The monoisotopic (exact) mass is 338 g/mol. The van der Waals surface area contributed by atoms with Gasteiger partial charge in [-0.2, -0.15) is 13.2 Å². The van der Waals surface area contributed by atoms with E-state index in [4.69, 9.17) is 0 Å². The Balaban J connectivity index is 1.89. The predicted octanol–water partition coefficient (Wildman–Crippen LogP) is 2.86. The summed E-state index contributed by atoms with van der Waals surface area (Å²) in [6, 6.07) is 6.85. The Bertz CT molecular complexity index is 720. The Morgan fingerprint density at radius 3 is 2.46 bits per heavy atom. The summed E-state index contributed by atoms with van der Waals surface area (Å²) >= 11 is 0. The molecular formula is C15H13F3N4O2. The van der Waals surface area contributed by atoms with E-state index in [2.05, 4.69) is 20.9 Å². The molecule has 1 aromatic carbocycles. The van der Waals surface area contributed by atoms with Crippen LogP contribution in [-0.2, 0) is 11.0 Å². The number of amides is 3. The van der Waals surface area contributed by atoms with Crippen molar-refractivity contribution >= 4 is 23.3 Å². The second kappa shape index (κ2) is 7.44. The van der Waals surface area contributed by atoms with Gasteiger partial charge in [0.25, 0.3) is 0 Å². The molecule has 1 heterocycles. The summed E-state index contributed by atoms with van der Waals surface area (Å²) in [7, 11) is 0. The minimum Gasteiger partial charge on any atom is -0.329 e. The van der Waals surface area contributed by atoms with Crippen LogP contribution >= 0.6 is 0 Å². The van der Waals surface area contributed by atoms with Crippen LogP contribution in [0.4, 0.5) is 29.3 Å². The lowest BCUT2D eigenvalue weighted by molar-refractivity contribution is -0.136. The lowest BCUT2D eigenvalue weighted by Gasteiger charge is -2.14. The number of anilines is 2. The van der Waals surface area contributed by atoms with Crippen molar-refractivity contribution in [1.29, 1.82) is 0 Å². The van der Waals surface area contributed by atoms with E-state index in [0.29, 0.717) is 5.69 Å². The highest BCUT2D eigenvalue weighted by atomic mass is 19.4. The Morgan fingerprint density at radius 2 is 1.79 bits per heavy atom. The van der Waals surface area contributed by atoms with Gasteiger partial charge < -0.3 is 16.0 Å². The molecule has 3 amide bonds. The fraction of sp³-hybridized carbons (Fsp3) is 0.133. The molecule has 3 N–H and O–H groups in total. The molecule has 0 fully saturated rings. The van der Waals surface area contributed by atoms with Crippen molar-refractivity contribution in [2.75, 3.05) is 17.2 Å². The number of nitrogens with one attached hydrogen (secondary N) is 3. The molecule has 2 aromatic rings. The molecule has 0 unspecified atom stereocenters. The highest BCUT2D eigenvalue weighted by Crippen LogP contribution is 2.34. The summed E-state index contributed by atoms with van der Waals surface area (Å²) in [5, 5.41) is 6.73. The van der Waals surface area contributed by atoms with E-state index in [-0.39, 0.29) is 0 Å². The molecule has 126 valence electrons. The van der Waals surface area contributed by atoms with Crippen LogP contribution in [0, 0.1) is 0 Å². The number of hydrogen-bond donors (Lipinski definition) is 3.